The number of urea groups is 1. The van der Waals surface area contributed by atoms with Crippen molar-refractivity contribution in [1.29, 1.82) is 0 Å². The van der Waals surface area contributed by atoms with E-state index in [9.17, 15) is 14.0 Å². The van der Waals surface area contributed by atoms with Crippen molar-refractivity contribution in [2.24, 2.45) is 0 Å². The van der Waals surface area contributed by atoms with Gasteiger partial charge in [0.15, 0.2) is 0 Å². The number of carbonyl (C=O) groups excluding carboxylic acids is 2. The molecule has 9 heteroatoms. The molecule has 0 aromatic carbocycles. The molecule has 1 aliphatic carbocycles. The molecule has 1 aliphatic heterocycles. The molecule has 7 nitrogen and oxygen atoms in total. The standard InChI is InChI=1S/C16H17ClFN5O2/c1-22-13(9-23(16(22)25)15-19-5-2-6-20-15)14(24)21-8-10-3-4-11(18)7-12(10)17/h2-6,11,13H,7-9H2,1H3,(H,21,24). The van der Waals surface area contributed by atoms with Crippen LogP contribution < -0.4 is 10.2 Å². The summed E-state index contributed by atoms with van der Waals surface area (Å²) in [4.78, 5) is 35.6. The van der Waals surface area contributed by atoms with E-state index in [1.165, 1.54) is 28.3 Å². The van der Waals surface area contributed by atoms with Gasteiger partial charge >= 0.3 is 6.03 Å². The zero-order chi connectivity index (χ0) is 18.0. The van der Waals surface area contributed by atoms with E-state index in [0.29, 0.717) is 10.6 Å². The quantitative estimate of drug-likeness (QED) is 0.879. The van der Waals surface area contributed by atoms with Crippen LogP contribution in [0.25, 0.3) is 0 Å². The Bertz CT molecular complexity index is 739. The Morgan fingerprint density at radius 1 is 1.44 bits per heavy atom. The number of anilines is 1. The molecule has 2 aliphatic rings. The molecule has 132 valence electrons. The maximum absolute atomic E-state index is 13.2. The molecule has 0 saturated carbocycles. The molecule has 2 unspecified atom stereocenters. The first kappa shape index (κ1) is 17.3. The van der Waals surface area contributed by atoms with Crippen molar-refractivity contribution in [1.82, 2.24) is 20.2 Å². The Hall–Kier alpha value is -2.48. The Morgan fingerprint density at radius 3 is 2.84 bits per heavy atom. The van der Waals surface area contributed by atoms with Crippen LogP contribution in [0.3, 0.4) is 0 Å². The number of hydrogen-bond donors (Lipinski definition) is 1. The van der Waals surface area contributed by atoms with Crippen LogP contribution >= 0.6 is 11.6 Å². The van der Waals surface area contributed by atoms with Gasteiger partial charge in [-0.15, -0.1) is 0 Å². The van der Waals surface area contributed by atoms with E-state index in [2.05, 4.69) is 15.3 Å². The third-order valence-electron chi connectivity index (χ3n) is 4.13. The third-order valence-corrected chi connectivity index (χ3v) is 4.53. The molecule has 3 rings (SSSR count). The Balaban J connectivity index is 1.64. The van der Waals surface area contributed by atoms with Crippen LogP contribution in [0.15, 0.2) is 41.2 Å². The van der Waals surface area contributed by atoms with Crippen molar-refractivity contribution in [3.8, 4) is 0 Å². The van der Waals surface area contributed by atoms with E-state index in [4.69, 9.17) is 11.6 Å². The molecule has 2 atom stereocenters. The van der Waals surface area contributed by atoms with Crippen LogP contribution in [0, 0.1) is 0 Å². The zero-order valence-corrected chi connectivity index (χ0v) is 14.3. The first-order valence-electron chi connectivity index (χ1n) is 7.76. The predicted octanol–water partition coefficient (Wildman–Crippen LogP) is 1.62. The van der Waals surface area contributed by atoms with Crippen molar-refractivity contribution in [3.63, 3.8) is 0 Å². The minimum Gasteiger partial charge on any atom is -0.350 e. The second-order valence-corrected chi connectivity index (χ2v) is 6.25. The smallest absolute Gasteiger partial charge is 0.327 e. The normalized spacial score (nSPS) is 23.4. The molecule has 1 fully saturated rings. The van der Waals surface area contributed by atoms with Crippen molar-refractivity contribution < 1.29 is 14.0 Å². The van der Waals surface area contributed by atoms with Crippen molar-refractivity contribution >= 4 is 29.5 Å². The highest BCUT2D eigenvalue weighted by molar-refractivity contribution is 6.30. The monoisotopic (exact) mass is 365 g/mol. The molecule has 0 radical (unpaired) electrons. The largest absolute Gasteiger partial charge is 0.350 e. The summed E-state index contributed by atoms with van der Waals surface area (Å²) < 4.78 is 13.2. The Labute approximate surface area is 149 Å². The van der Waals surface area contributed by atoms with Gasteiger partial charge in [-0.1, -0.05) is 17.7 Å². The number of likely N-dealkylation sites (N-methyl/N-ethyl adjacent to an activating group) is 1. The summed E-state index contributed by atoms with van der Waals surface area (Å²) in [5, 5.41) is 3.14. The number of aromatic nitrogens is 2. The van der Waals surface area contributed by atoms with Gasteiger partial charge in [0.25, 0.3) is 0 Å². The summed E-state index contributed by atoms with van der Waals surface area (Å²) in [6, 6.07) is 0.633. The minimum atomic E-state index is -1.09. The van der Waals surface area contributed by atoms with Gasteiger partial charge in [0, 0.05) is 37.4 Å². The summed E-state index contributed by atoms with van der Waals surface area (Å²) in [5.41, 5.74) is 0.666. The van der Waals surface area contributed by atoms with E-state index in [-0.39, 0.29) is 37.4 Å². The van der Waals surface area contributed by atoms with Crippen molar-refractivity contribution in [2.45, 2.75) is 18.6 Å². The lowest BCUT2D eigenvalue weighted by molar-refractivity contribution is -0.124. The lowest BCUT2D eigenvalue weighted by atomic mass is 10.1. The number of amides is 3. The Morgan fingerprint density at radius 2 is 2.16 bits per heavy atom. The van der Waals surface area contributed by atoms with E-state index >= 15 is 0 Å². The van der Waals surface area contributed by atoms with Crippen LogP contribution in [-0.2, 0) is 4.79 Å². The summed E-state index contributed by atoms with van der Waals surface area (Å²) in [5.74, 6) is -0.0633. The third kappa shape index (κ3) is 3.63. The van der Waals surface area contributed by atoms with E-state index in [0.717, 1.165) is 0 Å². The average Bonchev–Trinajstić information content (AvgIpc) is 2.90. The van der Waals surface area contributed by atoms with Crippen molar-refractivity contribution in [2.75, 3.05) is 25.0 Å². The second kappa shape index (κ2) is 7.18. The molecule has 1 saturated heterocycles. The fourth-order valence-corrected chi connectivity index (χ4v) is 2.97. The highest BCUT2D eigenvalue weighted by Crippen LogP contribution is 2.24. The number of nitrogens with zero attached hydrogens (tertiary/aromatic N) is 4. The van der Waals surface area contributed by atoms with Crippen LogP contribution in [0.5, 0.6) is 0 Å². The van der Waals surface area contributed by atoms with Crippen LogP contribution in [0.4, 0.5) is 15.1 Å². The molecule has 0 spiro atoms. The number of carbonyl (C=O) groups is 2. The molecule has 3 amide bonds. The molecule has 0 bridgehead atoms. The summed E-state index contributed by atoms with van der Waals surface area (Å²) >= 11 is 6.02. The number of alkyl halides is 1. The van der Waals surface area contributed by atoms with Gasteiger partial charge in [-0.25, -0.2) is 19.2 Å². The van der Waals surface area contributed by atoms with Gasteiger partial charge in [-0.05, 0) is 17.7 Å². The van der Waals surface area contributed by atoms with Gasteiger partial charge in [0.2, 0.25) is 11.9 Å². The summed E-state index contributed by atoms with van der Waals surface area (Å²) in [6.45, 7) is 0.335. The SMILES string of the molecule is CN1C(=O)N(c2ncccn2)CC1C(=O)NCC1=C(Cl)CC(F)C=C1. The van der Waals surface area contributed by atoms with E-state index in [1.807, 2.05) is 0 Å². The molecular formula is C16H17ClFN5O2. The van der Waals surface area contributed by atoms with Gasteiger partial charge < -0.3 is 10.2 Å². The second-order valence-electron chi connectivity index (χ2n) is 5.80. The topological polar surface area (TPSA) is 78.4 Å². The number of nitrogens with one attached hydrogen (secondary N) is 1. The summed E-state index contributed by atoms with van der Waals surface area (Å²) in [6.07, 6.45) is 5.07. The lowest BCUT2D eigenvalue weighted by Crippen LogP contribution is -2.44. The van der Waals surface area contributed by atoms with Gasteiger partial charge in [-0.2, -0.15) is 0 Å². The first-order chi connectivity index (χ1) is 12.0. The maximum Gasteiger partial charge on any atom is 0.327 e. The highest BCUT2D eigenvalue weighted by atomic mass is 35.5. The molecule has 1 aromatic rings. The Kier molecular flexibility index (Phi) is 4.98. The molecule has 1 aromatic heterocycles. The lowest BCUT2D eigenvalue weighted by Gasteiger charge is -2.19. The minimum absolute atomic E-state index is 0.115. The highest BCUT2D eigenvalue weighted by Gasteiger charge is 2.40. The predicted molar refractivity (Wildman–Crippen MR) is 90.9 cm³/mol. The summed E-state index contributed by atoms with van der Waals surface area (Å²) in [7, 11) is 1.55. The molecule has 25 heavy (non-hydrogen) atoms. The maximum atomic E-state index is 13.2. The van der Waals surface area contributed by atoms with E-state index < -0.39 is 12.2 Å². The van der Waals surface area contributed by atoms with Crippen LogP contribution in [0.2, 0.25) is 0 Å². The number of hydrogen-bond acceptors (Lipinski definition) is 4. The van der Waals surface area contributed by atoms with Crippen LogP contribution in [0.1, 0.15) is 6.42 Å². The van der Waals surface area contributed by atoms with Gasteiger partial charge in [-0.3, -0.25) is 9.69 Å². The van der Waals surface area contributed by atoms with Crippen LogP contribution in [-0.4, -0.2) is 59.2 Å². The number of halogens is 2. The molecule has 1 N–H and O–H groups in total. The number of allylic oxidation sites excluding steroid dienone is 2. The fourth-order valence-electron chi connectivity index (χ4n) is 2.69. The van der Waals surface area contributed by atoms with Crippen molar-refractivity contribution in [3.05, 3.63) is 41.2 Å². The zero-order valence-electron chi connectivity index (χ0n) is 13.5. The average molecular weight is 366 g/mol. The molecule has 2 heterocycles. The van der Waals surface area contributed by atoms with E-state index in [1.54, 1.807) is 19.2 Å². The molecular weight excluding hydrogens is 349 g/mol. The van der Waals surface area contributed by atoms with Gasteiger partial charge in [0.05, 0.1) is 6.54 Å². The van der Waals surface area contributed by atoms with Gasteiger partial charge in [0.1, 0.15) is 12.2 Å². The first-order valence-corrected chi connectivity index (χ1v) is 8.14. The fraction of sp³-hybridized carbons (Fsp3) is 0.375. The number of rotatable bonds is 4.